The average molecular weight is 200 g/mol. The van der Waals surface area contributed by atoms with E-state index in [-0.39, 0.29) is 0 Å². The van der Waals surface area contributed by atoms with Gasteiger partial charge in [-0.15, -0.1) is 0 Å². The summed E-state index contributed by atoms with van der Waals surface area (Å²) in [6.45, 7) is 3.01. The summed E-state index contributed by atoms with van der Waals surface area (Å²) in [6, 6.07) is -0.995. The number of hydrogen-bond donors (Lipinski definition) is 2. The van der Waals surface area contributed by atoms with E-state index >= 15 is 0 Å². The molecule has 14 heavy (non-hydrogen) atoms. The van der Waals surface area contributed by atoms with Gasteiger partial charge < -0.3 is 10.1 Å². The molecule has 2 unspecified atom stereocenters. The van der Waals surface area contributed by atoms with E-state index in [1.165, 1.54) is 6.92 Å². The van der Waals surface area contributed by atoms with E-state index in [9.17, 15) is 14.4 Å². The lowest BCUT2D eigenvalue weighted by Crippen LogP contribution is -2.61. The van der Waals surface area contributed by atoms with Crippen molar-refractivity contribution in [2.45, 2.75) is 32.4 Å². The highest BCUT2D eigenvalue weighted by molar-refractivity contribution is 6.00. The zero-order chi connectivity index (χ0) is 10.7. The number of rotatable bonds is 2. The van der Waals surface area contributed by atoms with Crippen LogP contribution in [0.3, 0.4) is 0 Å². The molecule has 1 heterocycles. The van der Waals surface area contributed by atoms with E-state index in [0.29, 0.717) is 6.42 Å². The first-order chi connectivity index (χ1) is 6.54. The third-order valence-electron chi connectivity index (χ3n) is 1.91. The van der Waals surface area contributed by atoms with Crippen LogP contribution in [0.25, 0.3) is 0 Å². The Bertz CT molecular complexity index is 277. The van der Waals surface area contributed by atoms with Crippen molar-refractivity contribution in [2.75, 3.05) is 0 Å². The Balaban J connectivity index is 2.73. The van der Waals surface area contributed by atoms with Gasteiger partial charge in [0.15, 0.2) is 0 Å². The van der Waals surface area contributed by atoms with Gasteiger partial charge in [-0.3, -0.25) is 14.9 Å². The van der Waals surface area contributed by atoms with Gasteiger partial charge in [0.25, 0.3) is 5.91 Å². The molecule has 0 bridgehead atoms. The smallest absolute Gasteiger partial charge is 0.321 e. The van der Waals surface area contributed by atoms with Crippen molar-refractivity contribution in [3.05, 3.63) is 0 Å². The van der Waals surface area contributed by atoms with Gasteiger partial charge in [0.2, 0.25) is 6.10 Å². The highest BCUT2D eigenvalue weighted by Gasteiger charge is 2.36. The predicted octanol–water partition coefficient (Wildman–Crippen LogP) is -0.464. The molecule has 0 aromatic rings. The van der Waals surface area contributed by atoms with Crippen molar-refractivity contribution in [1.82, 2.24) is 10.6 Å². The van der Waals surface area contributed by atoms with Crippen LogP contribution in [0.15, 0.2) is 0 Å². The molecule has 0 spiro atoms. The van der Waals surface area contributed by atoms with E-state index in [1.807, 2.05) is 5.32 Å². The summed E-state index contributed by atoms with van der Waals surface area (Å²) in [5, 5.41) is 4.54. The number of ether oxygens (including phenoxy) is 1. The van der Waals surface area contributed by atoms with Crippen molar-refractivity contribution >= 4 is 17.9 Å². The topological polar surface area (TPSA) is 84.5 Å². The van der Waals surface area contributed by atoms with Crippen LogP contribution in [-0.4, -0.2) is 30.1 Å². The Kier molecular flexibility index (Phi) is 3.06. The maximum Gasteiger partial charge on any atom is 0.321 e. The molecule has 0 radical (unpaired) electrons. The number of nitrogens with one attached hydrogen (secondary N) is 2. The van der Waals surface area contributed by atoms with Crippen LogP contribution in [0.2, 0.25) is 0 Å². The second kappa shape index (κ2) is 4.08. The third kappa shape index (κ3) is 2.21. The van der Waals surface area contributed by atoms with Crippen molar-refractivity contribution in [1.29, 1.82) is 0 Å². The first-order valence-corrected chi connectivity index (χ1v) is 4.33. The molecule has 1 saturated heterocycles. The quantitative estimate of drug-likeness (QED) is 0.590. The Hall–Kier alpha value is -1.59. The lowest BCUT2D eigenvalue weighted by molar-refractivity contribution is -0.156. The van der Waals surface area contributed by atoms with Crippen LogP contribution >= 0.6 is 0 Å². The Morgan fingerprint density at radius 3 is 2.64 bits per heavy atom. The molecule has 0 aromatic carbocycles. The van der Waals surface area contributed by atoms with Crippen LogP contribution < -0.4 is 10.6 Å². The molecule has 0 aliphatic carbocycles. The molecule has 78 valence electrons. The summed E-state index contributed by atoms with van der Waals surface area (Å²) in [6.07, 6.45) is -0.396. The number of carbonyl (C=O) groups excluding carboxylic acids is 3. The van der Waals surface area contributed by atoms with Gasteiger partial charge >= 0.3 is 12.0 Å². The lowest BCUT2D eigenvalue weighted by atomic mass is 10.1. The third-order valence-corrected chi connectivity index (χ3v) is 1.91. The molecule has 1 rings (SSSR count). The minimum absolute atomic E-state index is 0.444. The average Bonchev–Trinajstić information content (AvgIpc) is 2.08. The fourth-order valence-corrected chi connectivity index (χ4v) is 1.28. The van der Waals surface area contributed by atoms with Gasteiger partial charge in [-0.1, -0.05) is 6.92 Å². The SMILES string of the molecule is CCC1NC(=O)NC(=O)C1OC(C)=O. The number of hydrogen-bond acceptors (Lipinski definition) is 4. The van der Waals surface area contributed by atoms with Crippen molar-refractivity contribution in [3.63, 3.8) is 0 Å². The first-order valence-electron chi connectivity index (χ1n) is 4.33. The molecule has 0 aromatic heterocycles. The zero-order valence-corrected chi connectivity index (χ0v) is 7.99. The summed E-state index contributed by atoms with van der Waals surface area (Å²) in [7, 11) is 0. The summed E-state index contributed by atoms with van der Waals surface area (Å²) >= 11 is 0. The number of urea groups is 1. The minimum Gasteiger partial charge on any atom is -0.450 e. The molecule has 1 aliphatic heterocycles. The molecule has 1 fully saturated rings. The molecule has 1 aliphatic rings. The van der Waals surface area contributed by atoms with Crippen LogP contribution in [0.5, 0.6) is 0 Å². The maximum absolute atomic E-state index is 11.3. The Labute approximate surface area is 81.0 Å². The second-order valence-electron chi connectivity index (χ2n) is 3.01. The van der Waals surface area contributed by atoms with Gasteiger partial charge in [-0.05, 0) is 6.42 Å². The van der Waals surface area contributed by atoms with Crippen LogP contribution in [0.1, 0.15) is 20.3 Å². The molecular weight excluding hydrogens is 188 g/mol. The van der Waals surface area contributed by atoms with Crippen LogP contribution in [0, 0.1) is 0 Å². The zero-order valence-electron chi connectivity index (χ0n) is 7.99. The predicted molar refractivity (Wildman–Crippen MR) is 46.3 cm³/mol. The first kappa shape index (κ1) is 10.5. The van der Waals surface area contributed by atoms with Gasteiger partial charge in [0.05, 0.1) is 6.04 Å². The Morgan fingerprint density at radius 1 is 1.50 bits per heavy atom. The number of carbonyl (C=O) groups is 3. The van der Waals surface area contributed by atoms with Crippen molar-refractivity contribution in [3.8, 4) is 0 Å². The van der Waals surface area contributed by atoms with Crippen LogP contribution in [-0.2, 0) is 14.3 Å². The largest absolute Gasteiger partial charge is 0.450 e. The highest BCUT2D eigenvalue weighted by Crippen LogP contribution is 2.08. The number of amides is 3. The standard InChI is InChI=1S/C8H12N2O4/c1-3-5-6(14-4(2)11)7(12)10-8(13)9-5/h5-6H,3H2,1-2H3,(H2,9,10,12,13). The second-order valence-corrected chi connectivity index (χ2v) is 3.01. The summed E-state index contributed by atoms with van der Waals surface area (Å²) in [5.74, 6) is -1.12. The minimum atomic E-state index is -0.921. The lowest BCUT2D eigenvalue weighted by Gasteiger charge is -2.29. The molecule has 2 atom stereocenters. The van der Waals surface area contributed by atoms with Gasteiger partial charge in [-0.25, -0.2) is 4.79 Å². The summed E-state index contributed by atoms with van der Waals surface area (Å²) in [5.41, 5.74) is 0. The van der Waals surface area contributed by atoms with Gasteiger partial charge in [0.1, 0.15) is 0 Å². The fourth-order valence-electron chi connectivity index (χ4n) is 1.28. The maximum atomic E-state index is 11.3. The number of imide groups is 1. The molecule has 2 N–H and O–H groups in total. The van der Waals surface area contributed by atoms with Crippen LogP contribution in [0.4, 0.5) is 4.79 Å². The van der Waals surface area contributed by atoms with E-state index in [1.54, 1.807) is 6.92 Å². The van der Waals surface area contributed by atoms with Crippen molar-refractivity contribution in [2.24, 2.45) is 0 Å². The highest BCUT2D eigenvalue weighted by atomic mass is 16.5. The van der Waals surface area contributed by atoms with Gasteiger partial charge in [0, 0.05) is 6.92 Å². The summed E-state index contributed by atoms with van der Waals surface area (Å²) < 4.78 is 4.79. The molecule has 6 nitrogen and oxygen atoms in total. The summed E-state index contributed by atoms with van der Waals surface area (Å²) in [4.78, 5) is 32.8. The molecule has 6 heteroatoms. The van der Waals surface area contributed by atoms with E-state index in [2.05, 4.69) is 5.32 Å². The molecule has 3 amide bonds. The molecule has 0 saturated carbocycles. The molecular formula is C8H12N2O4. The Morgan fingerprint density at radius 2 is 2.14 bits per heavy atom. The van der Waals surface area contributed by atoms with E-state index in [4.69, 9.17) is 4.74 Å². The number of esters is 1. The van der Waals surface area contributed by atoms with Gasteiger partial charge in [-0.2, -0.15) is 0 Å². The monoisotopic (exact) mass is 200 g/mol. The van der Waals surface area contributed by atoms with Crippen molar-refractivity contribution < 1.29 is 19.1 Å². The normalized spacial score (nSPS) is 26.4. The fraction of sp³-hybridized carbons (Fsp3) is 0.625. The van der Waals surface area contributed by atoms with E-state index < -0.39 is 30.1 Å². The van der Waals surface area contributed by atoms with E-state index in [0.717, 1.165) is 0 Å².